The summed E-state index contributed by atoms with van der Waals surface area (Å²) in [5.41, 5.74) is 2.40. The molecule has 0 amide bonds. The third-order valence-corrected chi connectivity index (χ3v) is 3.12. The normalized spacial score (nSPS) is 11.7. The molecule has 0 spiro atoms. The van der Waals surface area contributed by atoms with Crippen molar-refractivity contribution in [3.8, 4) is 0 Å². The van der Waals surface area contributed by atoms with Crippen LogP contribution >= 0.6 is 0 Å². The lowest BCUT2D eigenvalue weighted by molar-refractivity contribution is -0.110. The number of ketones is 1. The lowest BCUT2D eigenvalue weighted by atomic mass is 9.92. The predicted octanol–water partition coefficient (Wildman–Crippen LogP) is 5.06. The quantitative estimate of drug-likeness (QED) is 0.520. The SMILES string of the molecule is CC(C)C(=CC=CC(=O)C=Cc1ccccc1)C(C)C. The molecule has 1 heteroatoms. The topological polar surface area (TPSA) is 17.1 Å². The van der Waals surface area contributed by atoms with Crippen molar-refractivity contribution in [1.29, 1.82) is 0 Å². The van der Waals surface area contributed by atoms with Crippen LogP contribution in [0.15, 0.2) is 60.2 Å². The second-order valence-corrected chi connectivity index (χ2v) is 5.48. The summed E-state index contributed by atoms with van der Waals surface area (Å²) in [5, 5.41) is 0. The molecule has 0 aliphatic carbocycles. The summed E-state index contributed by atoms with van der Waals surface area (Å²) in [5.74, 6) is 1.03. The maximum absolute atomic E-state index is 11.7. The molecule has 0 bridgehead atoms. The van der Waals surface area contributed by atoms with E-state index >= 15 is 0 Å². The zero-order valence-electron chi connectivity index (χ0n) is 12.8. The molecule has 0 N–H and O–H groups in total. The highest BCUT2D eigenvalue weighted by molar-refractivity contribution is 6.02. The van der Waals surface area contributed by atoms with E-state index in [2.05, 4.69) is 33.8 Å². The van der Waals surface area contributed by atoms with Crippen LogP contribution in [-0.2, 0) is 4.79 Å². The molecule has 1 aromatic carbocycles. The van der Waals surface area contributed by atoms with E-state index in [0.29, 0.717) is 11.8 Å². The lowest BCUT2D eigenvalue weighted by Gasteiger charge is -2.14. The third kappa shape index (κ3) is 5.83. The molecule has 0 saturated carbocycles. The molecule has 0 aliphatic heterocycles. The molecular formula is C19H24O. The highest BCUT2D eigenvalue weighted by atomic mass is 16.1. The number of benzene rings is 1. The molecule has 20 heavy (non-hydrogen) atoms. The monoisotopic (exact) mass is 268 g/mol. The van der Waals surface area contributed by atoms with Gasteiger partial charge in [-0.1, -0.05) is 81.8 Å². The van der Waals surface area contributed by atoms with Crippen LogP contribution in [0.2, 0.25) is 0 Å². The molecule has 106 valence electrons. The minimum atomic E-state index is 0.0111. The number of carbonyl (C=O) groups excluding carboxylic acids is 1. The van der Waals surface area contributed by atoms with Crippen molar-refractivity contribution in [1.82, 2.24) is 0 Å². The molecule has 0 heterocycles. The summed E-state index contributed by atoms with van der Waals surface area (Å²) in [7, 11) is 0. The van der Waals surface area contributed by atoms with Crippen LogP contribution in [0.3, 0.4) is 0 Å². The minimum absolute atomic E-state index is 0.0111. The van der Waals surface area contributed by atoms with E-state index in [4.69, 9.17) is 0 Å². The van der Waals surface area contributed by atoms with Crippen molar-refractivity contribution in [3.05, 3.63) is 65.8 Å². The zero-order chi connectivity index (χ0) is 15.0. The van der Waals surface area contributed by atoms with E-state index in [1.54, 1.807) is 12.2 Å². The molecule has 0 aromatic heterocycles. The van der Waals surface area contributed by atoms with E-state index in [1.807, 2.05) is 42.5 Å². The number of carbonyl (C=O) groups is 1. The van der Waals surface area contributed by atoms with E-state index in [-0.39, 0.29) is 5.78 Å². The Morgan fingerprint density at radius 2 is 1.55 bits per heavy atom. The van der Waals surface area contributed by atoms with Gasteiger partial charge in [0, 0.05) is 0 Å². The Morgan fingerprint density at radius 1 is 0.950 bits per heavy atom. The first kappa shape index (κ1) is 16.2. The van der Waals surface area contributed by atoms with Gasteiger partial charge in [0.15, 0.2) is 5.78 Å². The van der Waals surface area contributed by atoms with Crippen molar-refractivity contribution < 1.29 is 4.79 Å². The summed E-state index contributed by atoms with van der Waals surface area (Å²) in [6, 6.07) is 9.83. The molecule has 1 aromatic rings. The second-order valence-electron chi connectivity index (χ2n) is 5.48. The van der Waals surface area contributed by atoms with Gasteiger partial charge in [0.2, 0.25) is 0 Å². The highest BCUT2D eigenvalue weighted by Crippen LogP contribution is 2.19. The van der Waals surface area contributed by atoms with Gasteiger partial charge in [-0.15, -0.1) is 0 Å². The van der Waals surface area contributed by atoms with Crippen LogP contribution in [-0.4, -0.2) is 5.78 Å². The maximum atomic E-state index is 11.7. The number of allylic oxidation sites excluding steroid dienone is 5. The standard InChI is InChI=1S/C19H24O/c1-15(2)19(16(3)4)12-8-11-18(20)14-13-17-9-6-5-7-10-17/h5-16H,1-4H3. The second kappa shape index (κ2) is 8.31. The number of hydrogen-bond donors (Lipinski definition) is 0. The van der Waals surface area contributed by atoms with Crippen molar-refractivity contribution in [2.24, 2.45) is 11.8 Å². The number of hydrogen-bond acceptors (Lipinski definition) is 1. The Kier molecular flexibility index (Phi) is 6.72. The summed E-state index contributed by atoms with van der Waals surface area (Å²) in [4.78, 5) is 11.7. The fourth-order valence-corrected chi connectivity index (χ4v) is 2.10. The Morgan fingerprint density at radius 3 is 2.10 bits per heavy atom. The van der Waals surface area contributed by atoms with E-state index in [9.17, 15) is 4.79 Å². The Labute approximate surface area is 122 Å². The Bertz CT molecular complexity index is 492. The van der Waals surface area contributed by atoms with E-state index < -0.39 is 0 Å². The average Bonchev–Trinajstić information content (AvgIpc) is 2.41. The van der Waals surface area contributed by atoms with Gasteiger partial charge in [-0.25, -0.2) is 0 Å². The highest BCUT2D eigenvalue weighted by Gasteiger charge is 2.05. The van der Waals surface area contributed by atoms with Gasteiger partial charge in [0.25, 0.3) is 0 Å². The van der Waals surface area contributed by atoms with Gasteiger partial charge >= 0.3 is 0 Å². The Hall–Kier alpha value is -1.89. The van der Waals surface area contributed by atoms with Crippen molar-refractivity contribution in [3.63, 3.8) is 0 Å². The fraction of sp³-hybridized carbons (Fsp3) is 0.316. The lowest BCUT2D eigenvalue weighted by Crippen LogP contribution is -2.01. The van der Waals surface area contributed by atoms with Crippen LogP contribution in [0.4, 0.5) is 0 Å². The zero-order valence-corrected chi connectivity index (χ0v) is 12.8. The first-order chi connectivity index (χ1) is 9.50. The molecule has 0 atom stereocenters. The first-order valence-corrected chi connectivity index (χ1v) is 7.16. The predicted molar refractivity (Wildman–Crippen MR) is 87.4 cm³/mol. The molecule has 0 saturated heterocycles. The smallest absolute Gasteiger partial charge is 0.178 e. The van der Waals surface area contributed by atoms with Crippen LogP contribution < -0.4 is 0 Å². The van der Waals surface area contributed by atoms with Gasteiger partial charge in [-0.05, 0) is 29.6 Å². The summed E-state index contributed by atoms with van der Waals surface area (Å²) < 4.78 is 0. The average molecular weight is 268 g/mol. The van der Waals surface area contributed by atoms with Crippen LogP contribution in [0.5, 0.6) is 0 Å². The first-order valence-electron chi connectivity index (χ1n) is 7.16. The molecule has 0 unspecified atom stereocenters. The Balaban J connectivity index is 2.64. The van der Waals surface area contributed by atoms with Crippen molar-refractivity contribution in [2.75, 3.05) is 0 Å². The fourth-order valence-electron chi connectivity index (χ4n) is 2.10. The van der Waals surface area contributed by atoms with Crippen molar-refractivity contribution in [2.45, 2.75) is 27.7 Å². The van der Waals surface area contributed by atoms with Crippen LogP contribution in [0.1, 0.15) is 33.3 Å². The molecule has 0 radical (unpaired) electrons. The number of rotatable bonds is 6. The maximum Gasteiger partial charge on any atom is 0.178 e. The largest absolute Gasteiger partial charge is 0.290 e. The van der Waals surface area contributed by atoms with Gasteiger partial charge in [0.1, 0.15) is 0 Å². The summed E-state index contributed by atoms with van der Waals surface area (Å²) in [6.45, 7) is 8.71. The minimum Gasteiger partial charge on any atom is -0.290 e. The van der Waals surface area contributed by atoms with Gasteiger partial charge in [-0.2, -0.15) is 0 Å². The third-order valence-electron chi connectivity index (χ3n) is 3.12. The summed E-state index contributed by atoms with van der Waals surface area (Å²) in [6.07, 6.45) is 8.97. The van der Waals surface area contributed by atoms with Crippen molar-refractivity contribution >= 4 is 11.9 Å². The van der Waals surface area contributed by atoms with Gasteiger partial charge in [-0.3, -0.25) is 4.79 Å². The van der Waals surface area contributed by atoms with Crippen LogP contribution in [0.25, 0.3) is 6.08 Å². The van der Waals surface area contributed by atoms with Gasteiger partial charge in [0.05, 0.1) is 0 Å². The van der Waals surface area contributed by atoms with Gasteiger partial charge < -0.3 is 0 Å². The molecular weight excluding hydrogens is 244 g/mol. The molecule has 1 rings (SSSR count). The molecule has 0 fully saturated rings. The molecule has 0 aliphatic rings. The summed E-state index contributed by atoms with van der Waals surface area (Å²) >= 11 is 0. The van der Waals surface area contributed by atoms with Crippen LogP contribution in [0, 0.1) is 11.8 Å². The molecule has 1 nitrogen and oxygen atoms in total. The van der Waals surface area contributed by atoms with E-state index in [0.717, 1.165) is 5.56 Å². The van der Waals surface area contributed by atoms with E-state index in [1.165, 1.54) is 5.57 Å².